The first-order valence-corrected chi connectivity index (χ1v) is 12.9. The second-order valence-electron chi connectivity index (χ2n) is 10.1. The third-order valence-corrected chi connectivity index (χ3v) is 7.91. The third kappa shape index (κ3) is 4.36. The van der Waals surface area contributed by atoms with Crippen LogP contribution in [0.15, 0.2) is 36.4 Å². The zero-order valence-electron chi connectivity index (χ0n) is 21.8. The van der Waals surface area contributed by atoms with Gasteiger partial charge in [-0.15, -0.1) is 0 Å². The molecule has 1 fully saturated rings. The number of carbonyl (C=O) groups excluding carboxylic acids is 1. The Labute approximate surface area is 216 Å². The Morgan fingerprint density at radius 2 is 1.95 bits per heavy atom. The van der Waals surface area contributed by atoms with Crippen LogP contribution in [0, 0.1) is 5.92 Å². The summed E-state index contributed by atoms with van der Waals surface area (Å²) < 4.78 is 12.8. The molecule has 0 radical (unpaired) electrons. The number of anilines is 3. The third-order valence-electron chi connectivity index (χ3n) is 7.91. The summed E-state index contributed by atoms with van der Waals surface area (Å²) in [7, 11) is 5.02. The molecule has 196 valence electrons. The van der Waals surface area contributed by atoms with Gasteiger partial charge in [-0.3, -0.25) is 9.69 Å². The van der Waals surface area contributed by atoms with Crippen molar-refractivity contribution in [2.75, 3.05) is 31.1 Å². The number of aromatic nitrogens is 2. The lowest BCUT2D eigenvalue weighted by atomic mass is 9.85. The molecule has 1 amide bonds. The van der Waals surface area contributed by atoms with Crippen molar-refractivity contribution in [2.24, 2.45) is 5.92 Å². The van der Waals surface area contributed by atoms with Crippen LogP contribution in [0.5, 0.6) is 5.75 Å². The fourth-order valence-corrected chi connectivity index (χ4v) is 5.92. The lowest BCUT2D eigenvalue weighted by molar-refractivity contribution is -0.143. The average Bonchev–Trinajstić information content (AvgIpc) is 3.32. The number of aliphatic carboxylic acids is 1. The maximum atomic E-state index is 12.7. The molecule has 1 N–H and O–H groups in total. The summed E-state index contributed by atoms with van der Waals surface area (Å²) in [6.07, 6.45) is 4.21. The number of imidazole rings is 1. The van der Waals surface area contributed by atoms with Crippen molar-refractivity contribution in [3.8, 4) is 5.75 Å². The molecular weight excluding hydrogens is 472 g/mol. The molecule has 3 aromatic rings. The Kier molecular flexibility index (Phi) is 6.70. The van der Waals surface area contributed by atoms with E-state index in [0.29, 0.717) is 12.8 Å². The van der Waals surface area contributed by atoms with Crippen molar-refractivity contribution in [3.05, 3.63) is 42.0 Å². The number of carboxylic acid groups (broad SMARTS) is 1. The van der Waals surface area contributed by atoms with Gasteiger partial charge < -0.3 is 24.0 Å². The summed E-state index contributed by atoms with van der Waals surface area (Å²) in [6, 6.07) is 11.8. The van der Waals surface area contributed by atoms with Gasteiger partial charge in [-0.25, -0.2) is 9.78 Å². The minimum atomic E-state index is -0.739. The fourth-order valence-electron chi connectivity index (χ4n) is 5.92. The maximum Gasteiger partial charge on any atom is 0.414 e. The van der Waals surface area contributed by atoms with Crippen molar-refractivity contribution in [2.45, 2.75) is 57.5 Å². The molecule has 0 spiro atoms. The van der Waals surface area contributed by atoms with Crippen LogP contribution in [-0.4, -0.2) is 54.0 Å². The summed E-state index contributed by atoms with van der Waals surface area (Å²) >= 11 is 0. The van der Waals surface area contributed by atoms with Crippen molar-refractivity contribution < 1.29 is 24.2 Å². The number of hydrogen-bond acceptors (Lipinski definition) is 6. The molecule has 1 aliphatic carbocycles. The molecule has 3 atom stereocenters. The van der Waals surface area contributed by atoms with E-state index in [-0.39, 0.29) is 24.1 Å². The van der Waals surface area contributed by atoms with E-state index in [1.54, 1.807) is 12.0 Å². The molecule has 1 aromatic heterocycles. The summed E-state index contributed by atoms with van der Waals surface area (Å²) in [5.41, 5.74) is 4.57. The molecule has 2 aromatic carbocycles. The molecule has 2 aliphatic rings. The van der Waals surface area contributed by atoms with Crippen LogP contribution in [0.3, 0.4) is 0 Å². The number of fused-ring (bicyclic) bond motifs is 3. The molecule has 0 bridgehead atoms. The van der Waals surface area contributed by atoms with Gasteiger partial charge >= 0.3 is 12.1 Å². The number of rotatable bonds is 5. The standard InChI is InChI=1S/C28H34N4O5/c1-17-11-12-22-23(31(17)28(35)37-4)13-14-24-25(22)29-27(30(2)19-8-6-10-21(16-19)36-3)32(24)20-9-5-7-18(15-20)26(33)34/h6,8,10,13-14,16-18,20H,5,7,9,11-12,15H2,1-4H3,(H,33,34)/t17-,18+,20+/m0/s1. The first-order valence-electron chi connectivity index (χ1n) is 12.9. The molecule has 5 rings (SSSR count). The number of hydrogen-bond donors (Lipinski definition) is 1. The van der Waals surface area contributed by atoms with E-state index in [2.05, 4.69) is 4.57 Å². The van der Waals surface area contributed by atoms with E-state index in [4.69, 9.17) is 14.5 Å². The van der Waals surface area contributed by atoms with Crippen molar-refractivity contribution >= 4 is 40.4 Å². The molecule has 0 saturated heterocycles. The highest BCUT2D eigenvalue weighted by Gasteiger charge is 2.35. The SMILES string of the molecule is COC(=O)N1c2ccc3c(nc(N(C)c4cccc(OC)c4)n3[C@@H]3CCC[C@@H](C(=O)O)C3)c2CC[C@@H]1C. The lowest BCUT2D eigenvalue weighted by Crippen LogP contribution is -2.42. The molecule has 1 saturated carbocycles. The van der Waals surface area contributed by atoms with Crippen LogP contribution < -0.4 is 14.5 Å². The lowest BCUT2D eigenvalue weighted by Gasteiger charge is -2.34. The van der Waals surface area contributed by atoms with Gasteiger partial charge in [0.2, 0.25) is 5.95 Å². The predicted octanol–water partition coefficient (Wildman–Crippen LogP) is 5.54. The summed E-state index contributed by atoms with van der Waals surface area (Å²) in [4.78, 5) is 33.5. The molecular formula is C28H34N4O5. The minimum absolute atomic E-state index is 0.000169. The molecule has 1 aliphatic heterocycles. The van der Waals surface area contributed by atoms with Crippen LogP contribution in [0.25, 0.3) is 11.0 Å². The molecule has 37 heavy (non-hydrogen) atoms. The van der Waals surface area contributed by atoms with E-state index in [0.717, 1.165) is 65.4 Å². The molecule has 0 unspecified atom stereocenters. The average molecular weight is 507 g/mol. The van der Waals surface area contributed by atoms with Crippen LogP contribution >= 0.6 is 0 Å². The van der Waals surface area contributed by atoms with Crippen LogP contribution in [0.4, 0.5) is 22.1 Å². The van der Waals surface area contributed by atoms with Crippen molar-refractivity contribution in [1.29, 1.82) is 0 Å². The van der Waals surface area contributed by atoms with Crippen molar-refractivity contribution in [3.63, 3.8) is 0 Å². The Morgan fingerprint density at radius 3 is 2.68 bits per heavy atom. The number of carboxylic acids is 1. The Morgan fingerprint density at radius 1 is 1.14 bits per heavy atom. The van der Waals surface area contributed by atoms with Crippen molar-refractivity contribution in [1.82, 2.24) is 9.55 Å². The number of nitrogens with zero attached hydrogens (tertiary/aromatic N) is 4. The zero-order valence-corrected chi connectivity index (χ0v) is 21.8. The van der Waals surface area contributed by atoms with E-state index in [1.807, 2.05) is 55.3 Å². The van der Waals surface area contributed by atoms with Gasteiger partial charge in [0, 0.05) is 36.4 Å². The second-order valence-corrected chi connectivity index (χ2v) is 10.1. The highest BCUT2D eigenvalue weighted by molar-refractivity contribution is 5.96. The Balaban J connectivity index is 1.69. The number of methoxy groups -OCH3 is 2. The van der Waals surface area contributed by atoms with Gasteiger partial charge in [-0.2, -0.15) is 0 Å². The molecule has 9 heteroatoms. The van der Waals surface area contributed by atoms with Gasteiger partial charge in [0.1, 0.15) is 5.75 Å². The Bertz CT molecular complexity index is 1340. The predicted molar refractivity (Wildman–Crippen MR) is 142 cm³/mol. The fraction of sp³-hybridized carbons (Fsp3) is 0.464. The second kappa shape index (κ2) is 9.95. The molecule has 9 nitrogen and oxygen atoms in total. The van der Waals surface area contributed by atoms with Gasteiger partial charge in [0.25, 0.3) is 0 Å². The zero-order chi connectivity index (χ0) is 26.3. The van der Waals surface area contributed by atoms with Crippen LogP contribution in [0.2, 0.25) is 0 Å². The van der Waals surface area contributed by atoms with E-state index in [1.165, 1.54) is 7.11 Å². The van der Waals surface area contributed by atoms with Gasteiger partial charge in [-0.1, -0.05) is 12.5 Å². The van der Waals surface area contributed by atoms with Gasteiger partial charge in [-0.05, 0) is 63.3 Å². The smallest absolute Gasteiger partial charge is 0.414 e. The number of amides is 1. The molecule has 2 heterocycles. The van der Waals surface area contributed by atoms with Crippen LogP contribution in [0.1, 0.15) is 50.6 Å². The maximum absolute atomic E-state index is 12.7. The largest absolute Gasteiger partial charge is 0.497 e. The number of ether oxygens (including phenoxy) is 2. The van der Waals surface area contributed by atoms with Gasteiger partial charge in [0.05, 0.1) is 36.9 Å². The normalized spacial score (nSPS) is 21.4. The summed E-state index contributed by atoms with van der Waals surface area (Å²) in [5.74, 6) is 0.378. The summed E-state index contributed by atoms with van der Waals surface area (Å²) in [6.45, 7) is 2.03. The first-order chi connectivity index (χ1) is 17.8. The quantitative estimate of drug-likeness (QED) is 0.485. The number of aryl methyl sites for hydroxylation is 1. The number of carbonyl (C=O) groups is 2. The topological polar surface area (TPSA) is 97.1 Å². The van der Waals surface area contributed by atoms with E-state index in [9.17, 15) is 14.7 Å². The monoisotopic (exact) mass is 506 g/mol. The van der Waals surface area contributed by atoms with Crippen LogP contribution in [-0.2, 0) is 16.0 Å². The number of benzene rings is 2. The summed E-state index contributed by atoms with van der Waals surface area (Å²) in [5, 5.41) is 9.77. The minimum Gasteiger partial charge on any atom is -0.497 e. The first kappa shape index (κ1) is 24.9. The van der Waals surface area contributed by atoms with E-state index >= 15 is 0 Å². The highest BCUT2D eigenvalue weighted by Crippen LogP contribution is 2.43. The Hall–Kier alpha value is -3.75. The van der Waals surface area contributed by atoms with E-state index < -0.39 is 5.97 Å². The van der Waals surface area contributed by atoms with Gasteiger partial charge in [0.15, 0.2) is 0 Å². The highest BCUT2D eigenvalue weighted by atomic mass is 16.5.